The van der Waals surface area contributed by atoms with Gasteiger partial charge < -0.3 is 15.6 Å². The number of nitrogen functional groups attached to an aromatic ring is 1. The van der Waals surface area contributed by atoms with Gasteiger partial charge in [0.25, 0.3) is 0 Å². The van der Waals surface area contributed by atoms with Crippen LogP contribution < -0.4 is 11.1 Å². The molecule has 0 radical (unpaired) electrons. The summed E-state index contributed by atoms with van der Waals surface area (Å²) in [6.45, 7) is 0.210. The average Bonchev–Trinajstić information content (AvgIpc) is 2.72. The van der Waals surface area contributed by atoms with E-state index in [0.29, 0.717) is 5.82 Å². The molecule has 0 saturated heterocycles. The van der Waals surface area contributed by atoms with Crippen LogP contribution in [0, 0.1) is 0 Å². The topological polar surface area (TPSA) is 81.7 Å². The maximum Gasteiger partial charge on any atom is 0.433 e. The van der Waals surface area contributed by atoms with Crippen LogP contribution in [0.25, 0.3) is 0 Å². The fraction of sp³-hybridized carbons (Fsp3) is 0.300. The van der Waals surface area contributed by atoms with Crippen molar-refractivity contribution in [2.75, 3.05) is 11.1 Å². The minimum atomic E-state index is -4.51. The zero-order valence-corrected chi connectivity index (χ0v) is 9.94. The highest BCUT2D eigenvalue weighted by Crippen LogP contribution is 2.31. The van der Waals surface area contributed by atoms with Gasteiger partial charge in [0.2, 0.25) is 0 Å². The summed E-state index contributed by atoms with van der Waals surface area (Å²) in [5, 5.41) is 10.2. The predicted octanol–water partition coefficient (Wildman–Crippen LogP) is 1.42. The molecule has 0 amide bonds. The molecule has 19 heavy (non-hydrogen) atoms. The number of anilines is 2. The van der Waals surface area contributed by atoms with Gasteiger partial charge in [-0.15, -0.1) is 10.2 Å². The molecule has 3 N–H and O–H groups in total. The molecule has 2 aromatic heterocycles. The van der Waals surface area contributed by atoms with E-state index >= 15 is 0 Å². The molecule has 9 heteroatoms. The fourth-order valence-electron chi connectivity index (χ4n) is 1.42. The largest absolute Gasteiger partial charge is 0.433 e. The summed E-state index contributed by atoms with van der Waals surface area (Å²) in [5.74, 6) is 0.574. The first kappa shape index (κ1) is 13.1. The minimum absolute atomic E-state index is 0.134. The molecule has 0 unspecified atom stereocenters. The Balaban J connectivity index is 2.18. The number of aryl methyl sites for hydroxylation is 1. The van der Waals surface area contributed by atoms with Crippen molar-refractivity contribution >= 4 is 11.4 Å². The summed E-state index contributed by atoms with van der Waals surface area (Å²) in [4.78, 5) is 3.25. The van der Waals surface area contributed by atoms with Crippen molar-refractivity contribution in [3.8, 4) is 0 Å². The van der Waals surface area contributed by atoms with E-state index in [4.69, 9.17) is 5.73 Å². The lowest BCUT2D eigenvalue weighted by atomic mass is 10.2. The molecule has 0 aliphatic heterocycles. The second-order valence-corrected chi connectivity index (χ2v) is 3.87. The molecule has 102 valence electrons. The summed E-state index contributed by atoms with van der Waals surface area (Å²) in [7, 11) is 1.73. The molecule has 2 rings (SSSR count). The molecule has 0 bridgehead atoms. The summed E-state index contributed by atoms with van der Waals surface area (Å²) in [6.07, 6.45) is -2.04. The third kappa shape index (κ3) is 2.92. The third-order valence-electron chi connectivity index (χ3n) is 2.47. The highest BCUT2D eigenvalue weighted by Gasteiger charge is 2.32. The number of rotatable bonds is 3. The quantitative estimate of drug-likeness (QED) is 0.883. The minimum Gasteiger partial charge on any atom is -0.396 e. The van der Waals surface area contributed by atoms with Gasteiger partial charge in [0.05, 0.1) is 24.1 Å². The Hall–Kier alpha value is -2.32. The van der Waals surface area contributed by atoms with Crippen LogP contribution in [0.2, 0.25) is 0 Å². The van der Waals surface area contributed by atoms with E-state index in [2.05, 4.69) is 20.5 Å². The molecular formula is C10H11F3N6. The van der Waals surface area contributed by atoms with Crippen molar-refractivity contribution in [3.63, 3.8) is 0 Å². The van der Waals surface area contributed by atoms with Crippen LogP contribution in [0.4, 0.5) is 24.5 Å². The molecular weight excluding hydrogens is 261 g/mol. The van der Waals surface area contributed by atoms with Crippen LogP contribution in [-0.2, 0) is 19.8 Å². The first-order valence-corrected chi connectivity index (χ1v) is 5.27. The van der Waals surface area contributed by atoms with Crippen LogP contribution in [0.3, 0.4) is 0 Å². The van der Waals surface area contributed by atoms with Crippen molar-refractivity contribution in [1.29, 1.82) is 0 Å². The number of pyridine rings is 1. The number of hydrogen-bond donors (Lipinski definition) is 2. The van der Waals surface area contributed by atoms with Crippen molar-refractivity contribution < 1.29 is 13.2 Å². The zero-order valence-electron chi connectivity index (χ0n) is 9.94. The van der Waals surface area contributed by atoms with E-state index in [1.54, 1.807) is 11.6 Å². The molecule has 2 heterocycles. The molecule has 0 atom stereocenters. The second-order valence-electron chi connectivity index (χ2n) is 3.87. The number of hydrogen-bond acceptors (Lipinski definition) is 5. The molecule has 6 nitrogen and oxygen atoms in total. The molecule has 0 aliphatic rings. The number of halogens is 3. The number of nitrogens with zero attached hydrogens (tertiary/aromatic N) is 4. The smallest absolute Gasteiger partial charge is 0.396 e. The Morgan fingerprint density at radius 1 is 1.42 bits per heavy atom. The van der Waals surface area contributed by atoms with Gasteiger partial charge in [-0.2, -0.15) is 13.2 Å². The van der Waals surface area contributed by atoms with E-state index in [1.807, 2.05) is 0 Å². The van der Waals surface area contributed by atoms with Crippen LogP contribution in [-0.4, -0.2) is 19.7 Å². The van der Waals surface area contributed by atoms with Crippen molar-refractivity contribution in [3.05, 3.63) is 30.1 Å². The fourth-order valence-corrected chi connectivity index (χ4v) is 1.42. The van der Waals surface area contributed by atoms with Crippen LogP contribution in [0.5, 0.6) is 0 Å². The summed E-state index contributed by atoms with van der Waals surface area (Å²) < 4.78 is 39.2. The number of alkyl halides is 3. The van der Waals surface area contributed by atoms with E-state index in [0.717, 1.165) is 12.3 Å². The van der Waals surface area contributed by atoms with Gasteiger partial charge in [-0.1, -0.05) is 0 Å². The summed E-state index contributed by atoms with van der Waals surface area (Å²) in [5.41, 5.74) is 4.87. The molecule has 0 fully saturated rings. The van der Waals surface area contributed by atoms with E-state index < -0.39 is 11.9 Å². The predicted molar refractivity (Wildman–Crippen MR) is 62.0 cm³/mol. The van der Waals surface area contributed by atoms with Crippen LogP contribution in [0.15, 0.2) is 18.6 Å². The SMILES string of the molecule is Cn1cnnc1CNc1cc(C(F)(F)F)ncc1N. The van der Waals surface area contributed by atoms with Crippen molar-refractivity contribution in [2.24, 2.45) is 7.05 Å². The first-order chi connectivity index (χ1) is 8.88. The lowest BCUT2D eigenvalue weighted by Gasteiger charge is -2.11. The van der Waals surface area contributed by atoms with Gasteiger partial charge >= 0.3 is 6.18 Å². The second kappa shape index (κ2) is 4.75. The monoisotopic (exact) mass is 272 g/mol. The van der Waals surface area contributed by atoms with Crippen molar-refractivity contribution in [2.45, 2.75) is 12.7 Å². The summed E-state index contributed by atoms with van der Waals surface area (Å²) >= 11 is 0. The summed E-state index contributed by atoms with van der Waals surface area (Å²) in [6, 6.07) is 0.867. The lowest BCUT2D eigenvalue weighted by molar-refractivity contribution is -0.141. The van der Waals surface area contributed by atoms with Crippen LogP contribution in [0.1, 0.15) is 11.5 Å². The molecule has 2 aromatic rings. The maximum atomic E-state index is 12.5. The first-order valence-electron chi connectivity index (χ1n) is 5.27. The lowest BCUT2D eigenvalue weighted by Crippen LogP contribution is -2.12. The molecule has 0 spiro atoms. The van der Waals surface area contributed by atoms with Gasteiger partial charge in [-0.05, 0) is 6.07 Å². The molecule has 0 aromatic carbocycles. The standard InChI is InChI=1S/C10H11F3N6/c1-19-5-17-18-9(19)4-15-7-2-8(10(11,12)13)16-3-6(7)14/h2-3,5H,4,14H2,1H3,(H,15,16). The van der Waals surface area contributed by atoms with Gasteiger partial charge in [-0.3, -0.25) is 0 Å². The van der Waals surface area contributed by atoms with E-state index in [-0.39, 0.29) is 17.9 Å². The van der Waals surface area contributed by atoms with Crippen molar-refractivity contribution in [1.82, 2.24) is 19.7 Å². The number of aromatic nitrogens is 4. The normalized spacial score (nSPS) is 11.6. The Morgan fingerprint density at radius 2 is 2.16 bits per heavy atom. The van der Waals surface area contributed by atoms with Gasteiger partial charge in [0.15, 0.2) is 5.82 Å². The van der Waals surface area contributed by atoms with Crippen LogP contribution >= 0.6 is 0 Å². The highest BCUT2D eigenvalue weighted by molar-refractivity contribution is 5.65. The zero-order chi connectivity index (χ0) is 14.0. The highest BCUT2D eigenvalue weighted by atomic mass is 19.4. The third-order valence-corrected chi connectivity index (χ3v) is 2.47. The number of nitrogens with one attached hydrogen (secondary N) is 1. The molecule has 0 saturated carbocycles. The maximum absolute atomic E-state index is 12.5. The van der Waals surface area contributed by atoms with E-state index in [9.17, 15) is 13.2 Å². The van der Waals surface area contributed by atoms with Gasteiger partial charge in [0.1, 0.15) is 12.0 Å². The van der Waals surface area contributed by atoms with Gasteiger partial charge in [-0.25, -0.2) is 4.98 Å². The molecule has 0 aliphatic carbocycles. The Bertz CT molecular complexity index is 577. The van der Waals surface area contributed by atoms with Gasteiger partial charge in [0, 0.05) is 7.05 Å². The Labute approximate surface area is 106 Å². The number of nitrogens with two attached hydrogens (primary N) is 1. The van der Waals surface area contributed by atoms with E-state index in [1.165, 1.54) is 6.33 Å². The Morgan fingerprint density at radius 3 is 2.74 bits per heavy atom. The Kier molecular flexibility index (Phi) is 3.28. The average molecular weight is 272 g/mol.